The number of ether oxygens (including phenoxy) is 1. The Morgan fingerprint density at radius 1 is 0.792 bits per heavy atom. The molecule has 0 fully saturated rings. The van der Waals surface area contributed by atoms with Crippen LogP contribution in [0.5, 0.6) is 5.75 Å². The molecule has 3 rings (SSSR count). The fourth-order valence-corrected chi connectivity index (χ4v) is 3.15. The Labute approximate surface area is 144 Å². The highest BCUT2D eigenvalue weighted by Gasteiger charge is 2.14. The summed E-state index contributed by atoms with van der Waals surface area (Å²) >= 11 is 0. The molecule has 0 radical (unpaired) electrons. The predicted octanol–water partition coefficient (Wildman–Crippen LogP) is 6.29. The third-order valence-electron chi connectivity index (χ3n) is 4.50. The van der Waals surface area contributed by atoms with Crippen molar-refractivity contribution < 1.29 is 4.74 Å². The minimum atomic E-state index is 0.933. The summed E-state index contributed by atoms with van der Waals surface area (Å²) < 4.78 is 5.77. The molecule has 3 aromatic rings. The van der Waals surface area contributed by atoms with Gasteiger partial charge in [0.25, 0.3) is 0 Å². The van der Waals surface area contributed by atoms with Crippen molar-refractivity contribution in [3.8, 4) is 28.0 Å². The van der Waals surface area contributed by atoms with Crippen LogP contribution < -0.4 is 4.74 Å². The second-order valence-electron chi connectivity index (χ2n) is 5.96. The lowest BCUT2D eigenvalue weighted by atomic mass is 9.92. The highest BCUT2D eigenvalue weighted by atomic mass is 16.5. The number of rotatable bonds is 4. The van der Waals surface area contributed by atoms with Crippen LogP contribution in [0.3, 0.4) is 0 Å². The van der Waals surface area contributed by atoms with Crippen LogP contribution in [-0.2, 0) is 0 Å². The molecule has 0 aromatic heterocycles. The van der Waals surface area contributed by atoms with Crippen molar-refractivity contribution in [3.05, 3.63) is 83.9 Å². The summed E-state index contributed by atoms with van der Waals surface area (Å²) in [6.07, 6.45) is 1.85. The first kappa shape index (κ1) is 16.1. The van der Waals surface area contributed by atoms with Gasteiger partial charge in [-0.2, -0.15) is 0 Å². The molecule has 0 saturated carbocycles. The highest BCUT2D eigenvalue weighted by Crippen LogP contribution is 2.39. The van der Waals surface area contributed by atoms with Gasteiger partial charge in [0.2, 0.25) is 0 Å². The van der Waals surface area contributed by atoms with Crippen molar-refractivity contribution in [2.45, 2.75) is 13.8 Å². The van der Waals surface area contributed by atoms with Crippen molar-refractivity contribution in [2.75, 3.05) is 7.11 Å². The Balaban J connectivity index is 2.15. The zero-order valence-corrected chi connectivity index (χ0v) is 14.5. The fraction of sp³-hybridized carbons (Fsp3) is 0.130. The van der Waals surface area contributed by atoms with Crippen molar-refractivity contribution in [2.24, 2.45) is 0 Å². The molecule has 0 spiro atoms. The average molecular weight is 314 g/mol. The van der Waals surface area contributed by atoms with Gasteiger partial charge in [0.1, 0.15) is 5.75 Å². The maximum atomic E-state index is 5.77. The normalized spacial score (nSPS) is 10.5. The van der Waals surface area contributed by atoms with Crippen LogP contribution in [0.2, 0.25) is 0 Å². The molecule has 120 valence electrons. The Kier molecular flexibility index (Phi) is 4.52. The molecule has 0 N–H and O–H groups in total. The van der Waals surface area contributed by atoms with E-state index in [0.29, 0.717) is 0 Å². The van der Waals surface area contributed by atoms with Crippen LogP contribution in [0.4, 0.5) is 0 Å². The van der Waals surface area contributed by atoms with E-state index in [-0.39, 0.29) is 0 Å². The van der Waals surface area contributed by atoms with E-state index >= 15 is 0 Å². The first-order valence-corrected chi connectivity index (χ1v) is 8.12. The van der Waals surface area contributed by atoms with Gasteiger partial charge in [-0.1, -0.05) is 73.3 Å². The smallest absolute Gasteiger partial charge is 0.130 e. The van der Waals surface area contributed by atoms with E-state index in [2.05, 4.69) is 81.1 Å². The van der Waals surface area contributed by atoms with E-state index in [4.69, 9.17) is 4.74 Å². The first-order chi connectivity index (χ1) is 11.7. The zero-order valence-electron chi connectivity index (χ0n) is 14.5. The second-order valence-corrected chi connectivity index (χ2v) is 5.96. The molecule has 0 unspecified atom stereocenters. The maximum Gasteiger partial charge on any atom is 0.130 e. The summed E-state index contributed by atoms with van der Waals surface area (Å²) in [5, 5.41) is 0. The van der Waals surface area contributed by atoms with Crippen molar-refractivity contribution in [1.82, 2.24) is 0 Å². The number of hydrogen-bond donors (Lipinski definition) is 0. The summed E-state index contributed by atoms with van der Waals surface area (Å²) in [5.74, 6) is 0.933. The number of hydrogen-bond acceptors (Lipinski definition) is 1. The van der Waals surface area contributed by atoms with Gasteiger partial charge in [-0.15, -0.1) is 0 Å². The van der Waals surface area contributed by atoms with E-state index in [0.717, 1.165) is 28.0 Å². The Morgan fingerprint density at radius 3 is 2.08 bits per heavy atom. The summed E-state index contributed by atoms with van der Waals surface area (Å²) in [6, 6.07) is 21.2. The van der Waals surface area contributed by atoms with E-state index in [1.165, 1.54) is 16.7 Å². The Morgan fingerprint density at radius 2 is 1.46 bits per heavy atom. The number of methoxy groups -OCH3 is 1. The molecule has 0 saturated heterocycles. The molecule has 0 amide bonds. The van der Waals surface area contributed by atoms with Crippen LogP contribution >= 0.6 is 0 Å². The summed E-state index contributed by atoms with van der Waals surface area (Å²) in [5.41, 5.74) is 8.28. The molecule has 3 aromatic carbocycles. The predicted molar refractivity (Wildman–Crippen MR) is 103 cm³/mol. The average Bonchev–Trinajstić information content (AvgIpc) is 2.62. The van der Waals surface area contributed by atoms with Gasteiger partial charge in [0, 0.05) is 5.56 Å². The fourth-order valence-electron chi connectivity index (χ4n) is 3.15. The molecule has 0 aliphatic rings. The molecule has 1 heteroatoms. The van der Waals surface area contributed by atoms with E-state index in [9.17, 15) is 0 Å². The van der Waals surface area contributed by atoms with Crippen LogP contribution in [-0.4, -0.2) is 7.11 Å². The quantitative estimate of drug-likeness (QED) is 0.550. The lowest BCUT2D eigenvalue weighted by Crippen LogP contribution is -1.95. The Hall–Kier alpha value is -2.80. The third kappa shape index (κ3) is 2.85. The molecule has 24 heavy (non-hydrogen) atoms. The Bertz CT molecular complexity index is 873. The second kappa shape index (κ2) is 6.76. The van der Waals surface area contributed by atoms with Gasteiger partial charge in [0.05, 0.1) is 7.11 Å². The summed E-state index contributed by atoms with van der Waals surface area (Å²) in [6.45, 7) is 8.08. The molecule has 0 aliphatic heterocycles. The van der Waals surface area contributed by atoms with Crippen LogP contribution in [0.1, 0.15) is 16.7 Å². The first-order valence-electron chi connectivity index (χ1n) is 8.12. The molecule has 1 nitrogen and oxygen atoms in total. The van der Waals surface area contributed by atoms with Crippen LogP contribution in [0, 0.1) is 13.8 Å². The molecule has 0 heterocycles. The molecule has 0 bridgehead atoms. The minimum Gasteiger partial charge on any atom is -0.496 e. The van der Waals surface area contributed by atoms with Crippen molar-refractivity contribution in [3.63, 3.8) is 0 Å². The SMILES string of the molecule is C=Cc1ccc(-c2ccc(-c3ccccc3C)c(C)c2OC)cc1. The lowest BCUT2D eigenvalue weighted by molar-refractivity contribution is 0.413. The molecular formula is C23H22O. The van der Waals surface area contributed by atoms with E-state index in [1.807, 2.05) is 6.08 Å². The van der Waals surface area contributed by atoms with Gasteiger partial charge in [-0.25, -0.2) is 0 Å². The topological polar surface area (TPSA) is 9.23 Å². The van der Waals surface area contributed by atoms with E-state index in [1.54, 1.807) is 7.11 Å². The third-order valence-corrected chi connectivity index (χ3v) is 4.50. The lowest BCUT2D eigenvalue weighted by Gasteiger charge is -2.17. The summed E-state index contributed by atoms with van der Waals surface area (Å²) in [4.78, 5) is 0. The van der Waals surface area contributed by atoms with Gasteiger partial charge in [-0.3, -0.25) is 0 Å². The highest BCUT2D eigenvalue weighted by molar-refractivity contribution is 5.81. The standard InChI is InChI=1S/C23H22O/c1-5-18-10-12-19(13-11-18)22-15-14-21(17(3)23(22)24-4)20-9-7-6-8-16(20)2/h5-15H,1H2,2-4H3. The van der Waals surface area contributed by atoms with E-state index < -0.39 is 0 Å². The minimum absolute atomic E-state index is 0.933. The molecule has 0 atom stereocenters. The van der Waals surface area contributed by atoms with Crippen LogP contribution in [0.15, 0.2) is 67.2 Å². The van der Waals surface area contributed by atoms with Crippen molar-refractivity contribution in [1.29, 1.82) is 0 Å². The maximum absolute atomic E-state index is 5.77. The van der Waals surface area contributed by atoms with Gasteiger partial charge in [-0.05, 0) is 47.2 Å². The molecule has 0 aliphatic carbocycles. The zero-order chi connectivity index (χ0) is 17.1. The van der Waals surface area contributed by atoms with Gasteiger partial charge >= 0.3 is 0 Å². The summed E-state index contributed by atoms with van der Waals surface area (Å²) in [7, 11) is 1.74. The van der Waals surface area contributed by atoms with Gasteiger partial charge < -0.3 is 4.74 Å². The molecular weight excluding hydrogens is 292 g/mol. The number of benzene rings is 3. The number of aryl methyl sites for hydroxylation is 1. The van der Waals surface area contributed by atoms with Crippen LogP contribution in [0.25, 0.3) is 28.3 Å². The van der Waals surface area contributed by atoms with Gasteiger partial charge in [0.15, 0.2) is 0 Å². The van der Waals surface area contributed by atoms with Crippen molar-refractivity contribution >= 4 is 6.08 Å². The largest absolute Gasteiger partial charge is 0.496 e. The monoisotopic (exact) mass is 314 g/mol.